The predicted octanol–water partition coefficient (Wildman–Crippen LogP) is 3.18. The van der Waals surface area contributed by atoms with E-state index in [2.05, 4.69) is 5.32 Å². The fourth-order valence-corrected chi connectivity index (χ4v) is 5.28. The number of nitrogens with one attached hydrogen (secondary N) is 1. The first kappa shape index (κ1) is 35.0. The van der Waals surface area contributed by atoms with Crippen LogP contribution in [0.5, 0.6) is 5.75 Å². The largest absolute Gasteiger partial charge is 0.482 e. The summed E-state index contributed by atoms with van der Waals surface area (Å²) in [6.07, 6.45) is 2.94. The number of hydrogen-bond donors (Lipinski definition) is 1. The number of amides is 1. The number of ketones is 1. The van der Waals surface area contributed by atoms with E-state index in [1.54, 1.807) is 50.5 Å². The molecule has 1 N–H and O–H groups in total. The minimum atomic E-state index is -0.688. The number of benzene rings is 1. The average Bonchev–Trinajstić information content (AvgIpc) is 3.39. The summed E-state index contributed by atoms with van der Waals surface area (Å²) in [5.41, 5.74) is -0.371. The maximum Gasteiger partial charge on any atom is 0.407 e. The number of aromatic nitrogens is 4. The van der Waals surface area contributed by atoms with Crippen molar-refractivity contribution < 1.29 is 28.6 Å². The van der Waals surface area contributed by atoms with Gasteiger partial charge in [-0.1, -0.05) is 23.8 Å². The smallest absolute Gasteiger partial charge is 0.407 e. The molecule has 1 aliphatic heterocycles. The molecule has 1 unspecified atom stereocenters. The van der Waals surface area contributed by atoms with Crippen molar-refractivity contribution in [2.75, 3.05) is 31.2 Å². The first-order valence-corrected chi connectivity index (χ1v) is 15.7. The van der Waals surface area contributed by atoms with Crippen LogP contribution in [0.2, 0.25) is 0 Å². The molecular weight excluding hydrogens is 608 g/mol. The fourth-order valence-electron chi connectivity index (χ4n) is 5.28. The van der Waals surface area contributed by atoms with Crippen LogP contribution in [0.3, 0.4) is 0 Å². The van der Waals surface area contributed by atoms with Gasteiger partial charge in [0.25, 0.3) is 5.56 Å². The van der Waals surface area contributed by atoms with Crippen LogP contribution in [0.15, 0.2) is 45.5 Å². The second-order valence-electron chi connectivity index (χ2n) is 12.7. The van der Waals surface area contributed by atoms with Crippen LogP contribution in [0.25, 0.3) is 11.2 Å². The number of carbonyl (C=O) groups excluding carboxylic acids is 3. The highest BCUT2D eigenvalue weighted by Crippen LogP contribution is 2.24. The van der Waals surface area contributed by atoms with Crippen molar-refractivity contribution in [3.05, 3.63) is 62.3 Å². The Morgan fingerprint density at radius 1 is 1.13 bits per heavy atom. The maximum atomic E-state index is 14.0. The number of piperidine rings is 1. The topological polar surface area (TPSA) is 156 Å². The highest BCUT2D eigenvalue weighted by molar-refractivity contribution is 5.96. The molecule has 1 fully saturated rings. The molecule has 0 spiro atoms. The molecule has 4 rings (SSSR count). The Labute approximate surface area is 272 Å². The number of rotatable bonds is 11. The molecule has 0 saturated carbocycles. The Morgan fingerprint density at radius 3 is 2.55 bits per heavy atom. The Morgan fingerprint density at radius 2 is 1.87 bits per heavy atom. The minimum absolute atomic E-state index is 0.182. The van der Waals surface area contributed by atoms with E-state index in [0.717, 1.165) is 23.0 Å². The first-order valence-electron chi connectivity index (χ1n) is 15.7. The molecule has 1 aliphatic rings. The van der Waals surface area contributed by atoms with Gasteiger partial charge in [0.1, 0.15) is 11.4 Å². The molecular formula is C33H44N6O8. The van der Waals surface area contributed by atoms with E-state index in [1.165, 1.54) is 17.7 Å². The number of anilines is 1. The van der Waals surface area contributed by atoms with Crippen molar-refractivity contribution in [2.24, 2.45) is 7.05 Å². The highest BCUT2D eigenvalue weighted by Gasteiger charge is 2.29. The van der Waals surface area contributed by atoms with Crippen LogP contribution in [-0.2, 0) is 34.4 Å². The molecule has 1 amide bonds. The van der Waals surface area contributed by atoms with Crippen LogP contribution < -0.4 is 26.2 Å². The van der Waals surface area contributed by atoms with E-state index in [-0.39, 0.29) is 41.7 Å². The van der Waals surface area contributed by atoms with Gasteiger partial charge in [-0.15, -0.1) is 0 Å². The van der Waals surface area contributed by atoms with E-state index < -0.39 is 41.2 Å². The standard InChI is InChI=1S/C33H44N6O8/c1-8-45-26(41)20-46-24-13-9-11-22(17-24)25(40)19-39-29(42)27-28(36(7)32(39)44)35-30(38(27)16-14-21(2)3)37-15-10-12-23(18-37)34-31(43)47-33(4,5)6/h9,11,13-14,17,23H,8,10,12,15-16,18-20H2,1-7H3,(H,34,43). The van der Waals surface area contributed by atoms with Gasteiger partial charge < -0.3 is 29.0 Å². The van der Waals surface area contributed by atoms with Gasteiger partial charge in [-0.05, 0) is 66.5 Å². The maximum absolute atomic E-state index is 14.0. The molecule has 3 aromatic rings. The van der Waals surface area contributed by atoms with Gasteiger partial charge in [0, 0.05) is 38.3 Å². The number of imidazole rings is 1. The van der Waals surface area contributed by atoms with Crippen LogP contribution in [0, 0.1) is 0 Å². The Bertz CT molecular complexity index is 1790. The number of nitrogens with zero attached hydrogens (tertiary/aromatic N) is 5. The molecule has 0 aliphatic carbocycles. The molecule has 1 saturated heterocycles. The van der Waals surface area contributed by atoms with Crippen LogP contribution in [-0.4, -0.2) is 74.5 Å². The lowest BCUT2D eigenvalue weighted by atomic mass is 10.1. The average molecular weight is 653 g/mol. The van der Waals surface area contributed by atoms with Gasteiger partial charge in [0.05, 0.1) is 13.2 Å². The zero-order chi connectivity index (χ0) is 34.5. The van der Waals surface area contributed by atoms with Gasteiger partial charge in [0.2, 0.25) is 5.95 Å². The fraction of sp³-hybridized carbons (Fsp3) is 0.515. The lowest BCUT2D eigenvalue weighted by Gasteiger charge is -2.34. The quantitative estimate of drug-likeness (QED) is 0.185. The molecule has 0 bridgehead atoms. The normalized spacial score (nSPS) is 14.9. The summed E-state index contributed by atoms with van der Waals surface area (Å²) in [6, 6.07) is 5.95. The van der Waals surface area contributed by atoms with E-state index >= 15 is 0 Å². The SMILES string of the molecule is CCOC(=O)COc1cccc(C(=O)Cn2c(=O)c3c(nc(N4CCCC(NC(=O)OC(C)(C)C)C4)n3CC=C(C)C)n(C)c2=O)c1. The third-order valence-electron chi connectivity index (χ3n) is 7.44. The summed E-state index contributed by atoms with van der Waals surface area (Å²) in [5, 5.41) is 2.94. The van der Waals surface area contributed by atoms with Crippen LogP contribution in [0.4, 0.5) is 10.7 Å². The number of alkyl carbamates (subject to hydrolysis) is 1. The number of aryl methyl sites for hydroxylation is 1. The van der Waals surface area contributed by atoms with Crippen molar-refractivity contribution >= 4 is 35.0 Å². The number of Topliss-reactive ketones (excluding diaryl/α,β-unsaturated/α-hetero) is 1. The summed E-state index contributed by atoms with van der Waals surface area (Å²) in [5.74, 6) is -0.287. The van der Waals surface area contributed by atoms with Gasteiger partial charge in [0.15, 0.2) is 23.6 Å². The van der Waals surface area contributed by atoms with Crippen molar-refractivity contribution in [3.8, 4) is 5.75 Å². The second-order valence-corrected chi connectivity index (χ2v) is 12.7. The molecule has 14 heteroatoms. The Kier molecular flexibility index (Phi) is 10.9. The number of hydrogen-bond acceptors (Lipinski definition) is 10. The highest BCUT2D eigenvalue weighted by atomic mass is 16.6. The number of ether oxygens (including phenoxy) is 3. The van der Waals surface area contributed by atoms with Gasteiger partial charge >= 0.3 is 17.8 Å². The monoisotopic (exact) mass is 652 g/mol. The van der Waals surface area contributed by atoms with E-state index in [0.29, 0.717) is 25.6 Å². The van der Waals surface area contributed by atoms with Crippen molar-refractivity contribution in [3.63, 3.8) is 0 Å². The summed E-state index contributed by atoms with van der Waals surface area (Å²) >= 11 is 0. The lowest BCUT2D eigenvalue weighted by molar-refractivity contribution is -0.145. The summed E-state index contributed by atoms with van der Waals surface area (Å²) in [4.78, 5) is 71.8. The molecule has 254 valence electrons. The Hall–Kier alpha value is -4.88. The van der Waals surface area contributed by atoms with Gasteiger partial charge in [-0.2, -0.15) is 4.98 Å². The molecule has 47 heavy (non-hydrogen) atoms. The van der Waals surface area contributed by atoms with Gasteiger partial charge in [-0.3, -0.25) is 18.7 Å². The first-order chi connectivity index (χ1) is 22.2. The number of fused-ring (bicyclic) bond motifs is 1. The summed E-state index contributed by atoms with van der Waals surface area (Å²) in [6.45, 7) is 11.7. The molecule has 2 aromatic heterocycles. The van der Waals surface area contributed by atoms with Gasteiger partial charge in [-0.25, -0.2) is 14.4 Å². The predicted molar refractivity (Wildman–Crippen MR) is 176 cm³/mol. The molecule has 3 heterocycles. The Balaban J connectivity index is 1.68. The van der Waals surface area contributed by atoms with E-state index in [1.807, 2.05) is 24.8 Å². The molecule has 1 aromatic carbocycles. The summed E-state index contributed by atoms with van der Waals surface area (Å²) in [7, 11) is 1.51. The van der Waals surface area contributed by atoms with E-state index in [9.17, 15) is 24.0 Å². The third-order valence-corrected chi connectivity index (χ3v) is 7.44. The van der Waals surface area contributed by atoms with Crippen molar-refractivity contribution in [1.82, 2.24) is 24.0 Å². The third kappa shape index (κ3) is 8.69. The molecule has 0 radical (unpaired) electrons. The van der Waals surface area contributed by atoms with E-state index in [4.69, 9.17) is 19.2 Å². The summed E-state index contributed by atoms with van der Waals surface area (Å²) < 4.78 is 19.7. The van der Waals surface area contributed by atoms with Crippen molar-refractivity contribution in [2.45, 2.75) is 79.1 Å². The second kappa shape index (κ2) is 14.7. The number of allylic oxidation sites excluding steroid dienone is 2. The van der Waals surface area contributed by atoms with Crippen LogP contribution in [0.1, 0.15) is 64.7 Å². The number of carbonyl (C=O) groups is 3. The zero-order valence-electron chi connectivity index (χ0n) is 28.1. The van der Waals surface area contributed by atoms with Crippen LogP contribution >= 0.6 is 0 Å². The lowest BCUT2D eigenvalue weighted by Crippen LogP contribution is -2.49. The molecule has 14 nitrogen and oxygen atoms in total. The molecule has 1 atom stereocenters. The number of esters is 1. The van der Waals surface area contributed by atoms with Crippen molar-refractivity contribution in [1.29, 1.82) is 0 Å². The zero-order valence-corrected chi connectivity index (χ0v) is 28.1. The minimum Gasteiger partial charge on any atom is -0.482 e.